The molecule has 11 heteroatoms. The average molecular weight is 408 g/mol. The third-order valence-corrected chi connectivity index (χ3v) is 6.10. The Balaban J connectivity index is 1.80. The lowest BCUT2D eigenvalue weighted by Crippen LogP contribution is -2.36. The normalized spacial score (nSPS) is 16.3. The van der Waals surface area contributed by atoms with Crippen LogP contribution >= 0.6 is 0 Å². The summed E-state index contributed by atoms with van der Waals surface area (Å²) < 4.78 is 37.2. The van der Waals surface area contributed by atoms with Gasteiger partial charge in [0.05, 0.1) is 17.1 Å². The number of amides is 2. The predicted octanol–water partition coefficient (Wildman–Crippen LogP) is 1.27. The Kier molecular flexibility index (Phi) is 5.13. The molecule has 10 nitrogen and oxygen atoms in total. The van der Waals surface area contributed by atoms with E-state index in [1.165, 1.54) is 25.2 Å². The summed E-state index contributed by atoms with van der Waals surface area (Å²) >= 11 is 0. The zero-order valence-electron chi connectivity index (χ0n) is 15.8. The molecular formula is C17H20N4O6S. The number of likely N-dealkylation sites (N-methyl/N-ethyl adjacent to an activating group) is 1. The second kappa shape index (κ2) is 7.24. The van der Waals surface area contributed by atoms with Crippen molar-refractivity contribution in [2.45, 2.75) is 31.8 Å². The van der Waals surface area contributed by atoms with Gasteiger partial charge in [-0.05, 0) is 32.4 Å². The number of hydrogen-bond acceptors (Lipinski definition) is 7. The Labute approximate surface area is 161 Å². The lowest BCUT2D eigenvalue weighted by atomic mass is 10.1. The Morgan fingerprint density at radius 3 is 2.68 bits per heavy atom. The highest BCUT2D eigenvalue weighted by molar-refractivity contribution is 7.89. The van der Waals surface area contributed by atoms with Gasteiger partial charge in [-0.1, -0.05) is 5.16 Å². The molecule has 3 rings (SSSR count). The van der Waals surface area contributed by atoms with E-state index in [4.69, 9.17) is 9.26 Å². The Morgan fingerprint density at radius 2 is 2.04 bits per heavy atom. The van der Waals surface area contributed by atoms with Gasteiger partial charge >= 0.3 is 0 Å². The molecule has 2 N–H and O–H groups in total. The van der Waals surface area contributed by atoms with Crippen molar-refractivity contribution in [1.29, 1.82) is 0 Å². The van der Waals surface area contributed by atoms with E-state index in [0.29, 0.717) is 17.0 Å². The summed E-state index contributed by atoms with van der Waals surface area (Å²) in [6, 6.07) is 4.40. The molecule has 1 aliphatic heterocycles. The van der Waals surface area contributed by atoms with Crippen molar-refractivity contribution in [2.75, 3.05) is 24.2 Å². The number of aryl methyl sites for hydroxylation is 2. The Bertz CT molecular complexity index is 1050. The fraction of sp³-hybridized carbons (Fsp3) is 0.353. The van der Waals surface area contributed by atoms with Gasteiger partial charge in [0.15, 0.2) is 11.9 Å². The topological polar surface area (TPSA) is 131 Å². The van der Waals surface area contributed by atoms with Crippen molar-refractivity contribution in [2.24, 2.45) is 0 Å². The smallest absolute Gasteiger partial charge is 0.265 e. The molecule has 2 aromatic rings. The fourth-order valence-corrected chi connectivity index (χ4v) is 4.03. The van der Waals surface area contributed by atoms with Gasteiger partial charge in [-0.25, -0.2) is 8.42 Å². The molecular weight excluding hydrogens is 388 g/mol. The summed E-state index contributed by atoms with van der Waals surface area (Å²) in [5.74, 6) is 0.109. The second-order valence-corrected chi connectivity index (χ2v) is 8.51. The number of benzene rings is 1. The van der Waals surface area contributed by atoms with Crippen LogP contribution in [0, 0.1) is 13.8 Å². The van der Waals surface area contributed by atoms with E-state index in [1.54, 1.807) is 20.8 Å². The summed E-state index contributed by atoms with van der Waals surface area (Å²) in [6.45, 7) is 4.42. The highest BCUT2D eigenvalue weighted by Crippen LogP contribution is 2.35. The third-order valence-electron chi connectivity index (χ3n) is 4.16. The number of sulfonamides is 1. The lowest BCUT2D eigenvalue weighted by Gasteiger charge is -2.25. The summed E-state index contributed by atoms with van der Waals surface area (Å²) in [5.41, 5.74) is 0.818. The van der Waals surface area contributed by atoms with Crippen LogP contribution in [-0.4, -0.2) is 49.4 Å². The predicted molar refractivity (Wildman–Crippen MR) is 99.6 cm³/mol. The van der Waals surface area contributed by atoms with Crippen LogP contribution in [0.3, 0.4) is 0 Å². The number of ether oxygens (including phenoxy) is 1. The van der Waals surface area contributed by atoms with Gasteiger partial charge < -0.3 is 19.9 Å². The molecule has 2 heterocycles. The van der Waals surface area contributed by atoms with E-state index >= 15 is 0 Å². The Morgan fingerprint density at radius 1 is 1.32 bits per heavy atom. The summed E-state index contributed by atoms with van der Waals surface area (Å²) in [4.78, 5) is 23.8. The first-order valence-corrected chi connectivity index (χ1v) is 9.83. The third kappa shape index (κ3) is 3.85. The Hall–Kier alpha value is -2.92. The number of nitrogens with zero attached hydrogens (tertiary/aromatic N) is 2. The minimum absolute atomic E-state index is 0.0119. The van der Waals surface area contributed by atoms with Crippen molar-refractivity contribution < 1.29 is 27.3 Å². The van der Waals surface area contributed by atoms with Crippen LogP contribution in [0.5, 0.6) is 5.75 Å². The van der Waals surface area contributed by atoms with Crippen LogP contribution < -0.4 is 15.4 Å². The van der Waals surface area contributed by atoms with E-state index in [0.717, 1.165) is 4.31 Å². The van der Waals surface area contributed by atoms with Gasteiger partial charge in [-0.15, -0.1) is 0 Å². The number of nitrogens with one attached hydrogen (secondary N) is 2. The maximum Gasteiger partial charge on any atom is 0.265 e. The zero-order valence-corrected chi connectivity index (χ0v) is 16.6. The monoisotopic (exact) mass is 408 g/mol. The van der Waals surface area contributed by atoms with E-state index in [1.807, 2.05) is 0 Å². The molecule has 150 valence electrons. The quantitative estimate of drug-likeness (QED) is 0.762. The molecule has 0 saturated carbocycles. The zero-order chi connectivity index (χ0) is 20.6. The molecule has 2 amide bonds. The standard InChI is InChI=1S/C17H20N4O6S/c1-9-5-12-13(26-11(3)17(23)18-12)7-14(9)28(24,25)21(4)8-16(22)19-15-6-10(2)27-20-15/h5-7,11H,8H2,1-4H3,(H,18,23)(H,19,20,22)/t11-/m0/s1. The van der Waals surface area contributed by atoms with Gasteiger partial charge in [-0.2, -0.15) is 4.31 Å². The largest absolute Gasteiger partial charge is 0.479 e. The molecule has 0 spiro atoms. The van der Waals surface area contributed by atoms with Crippen molar-refractivity contribution in [1.82, 2.24) is 9.46 Å². The summed E-state index contributed by atoms with van der Waals surface area (Å²) in [6.07, 6.45) is -0.736. The van der Waals surface area contributed by atoms with Gasteiger partial charge in [0, 0.05) is 19.2 Å². The molecule has 0 fully saturated rings. The number of rotatable bonds is 5. The first-order chi connectivity index (χ1) is 13.1. The molecule has 0 saturated heterocycles. The van der Waals surface area contributed by atoms with Crippen molar-refractivity contribution in [3.05, 3.63) is 29.5 Å². The molecule has 1 atom stereocenters. The van der Waals surface area contributed by atoms with Crippen LogP contribution in [0.1, 0.15) is 18.2 Å². The van der Waals surface area contributed by atoms with Crippen molar-refractivity contribution >= 4 is 33.3 Å². The maximum absolute atomic E-state index is 12.9. The number of aromatic nitrogens is 1. The molecule has 0 radical (unpaired) electrons. The van der Waals surface area contributed by atoms with Crippen molar-refractivity contribution in [3.8, 4) is 5.75 Å². The van der Waals surface area contributed by atoms with Gasteiger partial charge in [0.1, 0.15) is 11.5 Å². The maximum atomic E-state index is 12.9. The molecule has 0 bridgehead atoms. The number of carbonyl (C=O) groups excluding carboxylic acids is 2. The molecule has 1 aromatic carbocycles. The summed E-state index contributed by atoms with van der Waals surface area (Å²) in [7, 11) is -2.68. The molecule has 28 heavy (non-hydrogen) atoms. The van der Waals surface area contributed by atoms with Crippen LogP contribution in [0.2, 0.25) is 0 Å². The van der Waals surface area contributed by atoms with Crippen molar-refractivity contribution in [3.63, 3.8) is 0 Å². The highest BCUT2D eigenvalue weighted by Gasteiger charge is 2.30. The minimum Gasteiger partial charge on any atom is -0.479 e. The number of hydrogen-bond donors (Lipinski definition) is 2. The lowest BCUT2D eigenvalue weighted by molar-refractivity contribution is -0.122. The summed E-state index contributed by atoms with van der Waals surface area (Å²) in [5, 5.41) is 8.77. The molecule has 1 aliphatic rings. The molecule has 0 aliphatic carbocycles. The molecule has 0 unspecified atom stereocenters. The highest BCUT2D eigenvalue weighted by atomic mass is 32.2. The fourth-order valence-electron chi connectivity index (χ4n) is 2.68. The number of anilines is 2. The van der Waals surface area contributed by atoms with E-state index in [9.17, 15) is 18.0 Å². The number of fused-ring (bicyclic) bond motifs is 1. The van der Waals surface area contributed by atoms with Gasteiger partial charge in [-0.3, -0.25) is 9.59 Å². The van der Waals surface area contributed by atoms with Crippen LogP contribution in [-0.2, 0) is 19.6 Å². The van der Waals surface area contributed by atoms with Crippen LogP contribution in [0.25, 0.3) is 0 Å². The van der Waals surface area contributed by atoms with Crippen LogP contribution in [0.15, 0.2) is 27.6 Å². The second-order valence-electron chi connectivity index (χ2n) is 6.50. The minimum atomic E-state index is -3.98. The van der Waals surface area contributed by atoms with E-state index in [-0.39, 0.29) is 22.4 Å². The SMILES string of the molecule is Cc1cc(NC(=O)CN(C)S(=O)(=O)c2cc3c(cc2C)NC(=O)[C@H](C)O3)no1. The first-order valence-electron chi connectivity index (χ1n) is 8.39. The van der Waals surface area contributed by atoms with E-state index < -0.39 is 28.6 Å². The van der Waals surface area contributed by atoms with Gasteiger partial charge in [0.2, 0.25) is 15.9 Å². The van der Waals surface area contributed by atoms with Crippen LogP contribution in [0.4, 0.5) is 11.5 Å². The van der Waals surface area contributed by atoms with E-state index in [2.05, 4.69) is 15.8 Å². The first kappa shape index (κ1) is 19.8. The van der Waals surface area contributed by atoms with Gasteiger partial charge in [0.25, 0.3) is 5.91 Å². The number of carbonyl (C=O) groups is 2. The average Bonchev–Trinajstić information content (AvgIpc) is 3.00. The molecule has 1 aromatic heterocycles.